The topological polar surface area (TPSA) is 134 Å². The Balaban J connectivity index is 1.39. The number of hydrogen-bond acceptors (Lipinski definition) is 7. The Morgan fingerprint density at radius 2 is 1.93 bits per heavy atom. The fourth-order valence-corrected chi connectivity index (χ4v) is 5.45. The maximum absolute atomic E-state index is 14.7. The van der Waals surface area contributed by atoms with Crippen molar-refractivity contribution in [3.63, 3.8) is 0 Å². The molecule has 1 heterocycles. The summed E-state index contributed by atoms with van der Waals surface area (Å²) >= 11 is 6.73. The van der Waals surface area contributed by atoms with Crippen molar-refractivity contribution in [2.24, 2.45) is 0 Å². The molecule has 1 amide bonds. The van der Waals surface area contributed by atoms with Gasteiger partial charge in [0.15, 0.2) is 0 Å². The highest BCUT2D eigenvalue weighted by atomic mass is 35.5. The molecule has 0 saturated heterocycles. The molecule has 11 heteroatoms. The van der Waals surface area contributed by atoms with Crippen LogP contribution in [-0.2, 0) is 29.2 Å². The van der Waals surface area contributed by atoms with Gasteiger partial charge in [-0.05, 0) is 54.7 Å². The van der Waals surface area contributed by atoms with Crippen LogP contribution >= 0.6 is 11.6 Å². The van der Waals surface area contributed by atoms with E-state index in [1.807, 2.05) is 24.3 Å². The first-order valence-electron chi connectivity index (χ1n) is 14.3. The maximum Gasteiger partial charge on any atom is 0.322 e. The average molecular weight is 629 g/mol. The number of nitrogens with zero attached hydrogens (tertiary/aromatic N) is 2. The van der Waals surface area contributed by atoms with Crippen molar-refractivity contribution in [2.75, 3.05) is 6.54 Å². The molecule has 4 aromatic rings. The van der Waals surface area contributed by atoms with Crippen molar-refractivity contribution >= 4 is 23.5 Å². The molecule has 0 spiro atoms. The number of amides is 1. The first-order valence-corrected chi connectivity index (χ1v) is 14.7. The number of aliphatic carboxylic acids is 1. The van der Waals surface area contributed by atoms with Crippen LogP contribution in [0.2, 0.25) is 5.02 Å². The van der Waals surface area contributed by atoms with E-state index in [1.165, 1.54) is 12.3 Å². The molecule has 1 aliphatic rings. The van der Waals surface area contributed by atoms with E-state index in [0.29, 0.717) is 51.6 Å². The normalized spacial score (nSPS) is 14.2. The fourth-order valence-electron chi connectivity index (χ4n) is 5.22. The second-order valence-corrected chi connectivity index (χ2v) is 11.0. The molecule has 0 aliphatic heterocycles. The van der Waals surface area contributed by atoms with Crippen molar-refractivity contribution < 1.29 is 28.6 Å². The number of hydrogen-bond donors (Lipinski definition) is 3. The van der Waals surface area contributed by atoms with Gasteiger partial charge in [0.05, 0.1) is 16.6 Å². The molecule has 1 aromatic heterocycles. The largest absolute Gasteiger partial charge is 0.488 e. The van der Waals surface area contributed by atoms with Crippen LogP contribution in [0.4, 0.5) is 4.39 Å². The molecule has 9 nitrogen and oxygen atoms in total. The molecular weight excluding hydrogens is 599 g/mol. The molecule has 2 atom stereocenters. The third-order valence-electron chi connectivity index (χ3n) is 7.49. The molecule has 0 fully saturated rings. The van der Waals surface area contributed by atoms with Crippen LogP contribution in [0.15, 0.2) is 73.1 Å². The van der Waals surface area contributed by atoms with Crippen molar-refractivity contribution in [3.8, 4) is 28.7 Å². The van der Waals surface area contributed by atoms with Crippen LogP contribution in [0.25, 0.3) is 11.1 Å². The summed E-state index contributed by atoms with van der Waals surface area (Å²) in [6, 6.07) is 18.9. The van der Waals surface area contributed by atoms with E-state index in [9.17, 15) is 19.2 Å². The first-order chi connectivity index (χ1) is 21.7. The first kappa shape index (κ1) is 31.4. The third kappa shape index (κ3) is 7.58. The van der Waals surface area contributed by atoms with E-state index in [-0.39, 0.29) is 25.1 Å². The molecule has 3 aromatic carbocycles. The zero-order valence-electron chi connectivity index (χ0n) is 24.3. The van der Waals surface area contributed by atoms with Crippen LogP contribution < -0.4 is 20.1 Å². The molecule has 0 radical (unpaired) electrons. The summed E-state index contributed by atoms with van der Waals surface area (Å²) in [5.74, 6) is -1.08. The number of benzene rings is 3. The minimum Gasteiger partial charge on any atom is -0.488 e. The van der Waals surface area contributed by atoms with Gasteiger partial charge in [-0.25, -0.2) is 4.39 Å². The lowest BCUT2D eigenvalue weighted by molar-refractivity contribution is -0.138. The molecule has 1 aliphatic carbocycles. The SMILES string of the molecule is C[C@H](NCc1cc(Cl)c(O[C@H]2CCc3c(-c4ccccc4F)cccc32)cc1OCc1cncc(C#N)c1)C(=O)NCC(=O)O. The van der Waals surface area contributed by atoms with Gasteiger partial charge in [-0.3, -0.25) is 14.6 Å². The van der Waals surface area contributed by atoms with Gasteiger partial charge in [-0.1, -0.05) is 48.0 Å². The van der Waals surface area contributed by atoms with Crippen LogP contribution in [-0.4, -0.2) is 34.6 Å². The minimum atomic E-state index is -1.14. The lowest BCUT2D eigenvalue weighted by Gasteiger charge is -2.20. The van der Waals surface area contributed by atoms with Crippen molar-refractivity contribution in [2.45, 2.75) is 45.1 Å². The van der Waals surface area contributed by atoms with Gasteiger partial charge in [-0.2, -0.15) is 5.26 Å². The van der Waals surface area contributed by atoms with E-state index in [2.05, 4.69) is 21.7 Å². The summed E-state index contributed by atoms with van der Waals surface area (Å²) in [4.78, 5) is 27.2. The average Bonchev–Trinajstić information content (AvgIpc) is 3.46. The summed E-state index contributed by atoms with van der Waals surface area (Å²) in [6.07, 6.45) is 4.12. The van der Waals surface area contributed by atoms with Crippen LogP contribution in [0.5, 0.6) is 11.5 Å². The number of pyridine rings is 1. The summed E-state index contributed by atoms with van der Waals surface area (Å²) < 4.78 is 27.3. The van der Waals surface area contributed by atoms with Gasteiger partial charge in [0.2, 0.25) is 5.91 Å². The number of carboxylic acid groups (broad SMARTS) is 1. The van der Waals surface area contributed by atoms with Crippen LogP contribution in [0, 0.1) is 17.1 Å². The lowest BCUT2D eigenvalue weighted by Crippen LogP contribution is -2.43. The second kappa shape index (κ2) is 14.2. The quantitative estimate of drug-likeness (QED) is 0.181. The minimum absolute atomic E-state index is 0.101. The maximum atomic E-state index is 14.7. The Hall–Kier alpha value is -4.98. The predicted molar refractivity (Wildman–Crippen MR) is 165 cm³/mol. The Labute approximate surface area is 264 Å². The molecule has 45 heavy (non-hydrogen) atoms. The molecule has 0 unspecified atom stereocenters. The number of fused-ring (bicyclic) bond motifs is 1. The molecule has 230 valence electrons. The van der Waals surface area contributed by atoms with E-state index in [1.54, 1.807) is 43.5 Å². The Morgan fingerprint density at radius 3 is 2.71 bits per heavy atom. The Kier molecular flexibility index (Phi) is 9.92. The molecule has 0 saturated carbocycles. The highest BCUT2D eigenvalue weighted by molar-refractivity contribution is 6.32. The number of nitrogens with one attached hydrogen (secondary N) is 2. The van der Waals surface area contributed by atoms with Gasteiger partial charge >= 0.3 is 5.97 Å². The lowest BCUT2D eigenvalue weighted by atomic mass is 9.96. The summed E-state index contributed by atoms with van der Waals surface area (Å²) in [5, 5.41) is 23.8. The fraction of sp³-hybridized carbons (Fsp3) is 0.235. The smallest absolute Gasteiger partial charge is 0.322 e. The van der Waals surface area contributed by atoms with Gasteiger partial charge in [0.25, 0.3) is 0 Å². The monoisotopic (exact) mass is 628 g/mol. The summed E-state index contributed by atoms with van der Waals surface area (Å²) in [7, 11) is 0. The second-order valence-electron chi connectivity index (χ2n) is 10.6. The van der Waals surface area contributed by atoms with Gasteiger partial charge < -0.3 is 25.2 Å². The molecule has 0 bridgehead atoms. The third-order valence-corrected chi connectivity index (χ3v) is 7.78. The Morgan fingerprint density at radius 1 is 1.13 bits per heavy atom. The zero-order chi connectivity index (χ0) is 31.9. The number of carbonyl (C=O) groups is 2. The number of carbonyl (C=O) groups excluding carboxylic acids is 1. The van der Waals surface area contributed by atoms with Gasteiger partial charge in [0, 0.05) is 41.7 Å². The Bertz CT molecular complexity index is 1780. The number of aromatic nitrogens is 1. The van der Waals surface area contributed by atoms with Gasteiger partial charge in [-0.15, -0.1) is 0 Å². The number of nitriles is 1. The van der Waals surface area contributed by atoms with Crippen molar-refractivity contribution in [1.82, 2.24) is 15.6 Å². The highest BCUT2D eigenvalue weighted by Crippen LogP contribution is 2.43. The molecule has 3 N–H and O–H groups in total. The molecule has 5 rings (SSSR count). The van der Waals surface area contributed by atoms with Crippen LogP contribution in [0.1, 0.15) is 47.3 Å². The van der Waals surface area contributed by atoms with E-state index in [4.69, 9.17) is 26.2 Å². The number of carboxylic acids is 1. The number of halogens is 2. The van der Waals surface area contributed by atoms with E-state index < -0.39 is 24.5 Å². The zero-order valence-corrected chi connectivity index (χ0v) is 25.1. The summed E-state index contributed by atoms with van der Waals surface area (Å²) in [6.45, 7) is 1.40. The van der Waals surface area contributed by atoms with E-state index >= 15 is 0 Å². The van der Waals surface area contributed by atoms with Gasteiger partial charge in [0.1, 0.15) is 42.6 Å². The van der Waals surface area contributed by atoms with Crippen molar-refractivity contribution in [1.29, 1.82) is 5.26 Å². The summed E-state index contributed by atoms with van der Waals surface area (Å²) in [5.41, 5.74) is 5.07. The molecular formula is C34H30ClFN4O5. The van der Waals surface area contributed by atoms with Crippen LogP contribution in [0.3, 0.4) is 0 Å². The highest BCUT2D eigenvalue weighted by Gasteiger charge is 2.28. The standard InChI is InChI=1S/C34H30ClFN4O5/c1-20(34(43)40-18-33(41)42)39-17-23-12-28(35)32(13-31(23)44-19-22-11-21(14-37)15-38-16-22)45-30-10-9-25-24(6-4-7-27(25)30)26-5-2-3-8-29(26)36/h2-8,11-13,15-16,20,30,39H,9-10,17-19H2,1H3,(H,40,43)(H,41,42)/t20-,30-/m0/s1. The number of rotatable bonds is 12. The van der Waals surface area contributed by atoms with E-state index in [0.717, 1.165) is 16.7 Å². The predicted octanol–water partition coefficient (Wildman–Crippen LogP) is 5.74. The van der Waals surface area contributed by atoms with Crippen molar-refractivity contribution in [3.05, 3.63) is 112 Å². The number of ether oxygens (including phenoxy) is 2.